The number of rotatable bonds is 5. The van der Waals surface area contributed by atoms with E-state index in [9.17, 15) is 13.2 Å². The maximum absolute atomic E-state index is 12.9. The number of benzene rings is 1. The lowest BCUT2D eigenvalue weighted by Gasteiger charge is -2.20. The second kappa shape index (κ2) is 7.96. The van der Waals surface area contributed by atoms with Crippen molar-refractivity contribution in [2.75, 3.05) is 26.8 Å². The molecule has 2 rings (SSSR count). The average Bonchev–Trinajstić information content (AvgIpc) is 2.61. The molecule has 0 fully saturated rings. The Morgan fingerprint density at radius 2 is 2.08 bits per heavy atom. The van der Waals surface area contributed by atoms with Gasteiger partial charge in [-0.2, -0.15) is 4.31 Å². The molecular formula is C16H25N3O4S. The molecule has 24 heavy (non-hydrogen) atoms. The summed E-state index contributed by atoms with van der Waals surface area (Å²) < 4.78 is 32.2. The van der Waals surface area contributed by atoms with Crippen molar-refractivity contribution in [3.63, 3.8) is 0 Å². The van der Waals surface area contributed by atoms with Gasteiger partial charge in [0.25, 0.3) is 0 Å². The molecule has 0 spiro atoms. The molecule has 0 saturated carbocycles. The standard InChI is InChI=1S/C16H25N3O4S/c1-12(2)17-16(20)18-14-8-9-19(10-11-23-3)24(21,22)15-7-5-4-6-13(14)15/h4-7,12,14H,8-11H2,1-3H3,(H2,17,18,20)/t14-/m1/s1. The molecule has 1 heterocycles. The number of carbonyl (C=O) groups is 1. The fourth-order valence-corrected chi connectivity index (χ4v) is 4.43. The first kappa shape index (κ1) is 18.7. The van der Waals surface area contributed by atoms with E-state index in [4.69, 9.17) is 4.74 Å². The zero-order valence-electron chi connectivity index (χ0n) is 14.3. The Labute approximate surface area is 143 Å². The highest BCUT2D eigenvalue weighted by molar-refractivity contribution is 7.89. The first-order valence-electron chi connectivity index (χ1n) is 8.01. The largest absolute Gasteiger partial charge is 0.383 e. The molecule has 1 aromatic rings. The smallest absolute Gasteiger partial charge is 0.315 e. The average molecular weight is 355 g/mol. The van der Waals surface area contributed by atoms with Gasteiger partial charge in [-0.15, -0.1) is 0 Å². The number of sulfonamides is 1. The van der Waals surface area contributed by atoms with Gasteiger partial charge >= 0.3 is 6.03 Å². The van der Waals surface area contributed by atoms with E-state index >= 15 is 0 Å². The lowest BCUT2D eigenvalue weighted by Crippen LogP contribution is -2.41. The summed E-state index contributed by atoms with van der Waals surface area (Å²) in [5.74, 6) is 0. The molecule has 2 N–H and O–H groups in total. The third kappa shape index (κ3) is 4.25. The van der Waals surface area contributed by atoms with Crippen LogP contribution in [0.4, 0.5) is 4.79 Å². The van der Waals surface area contributed by atoms with Crippen LogP contribution in [0.5, 0.6) is 0 Å². The first-order valence-corrected chi connectivity index (χ1v) is 9.45. The summed E-state index contributed by atoms with van der Waals surface area (Å²) in [4.78, 5) is 12.3. The normalized spacial score (nSPS) is 20.2. The number of nitrogens with zero attached hydrogens (tertiary/aromatic N) is 1. The third-order valence-electron chi connectivity index (χ3n) is 3.85. The van der Waals surface area contributed by atoms with Crippen LogP contribution in [-0.4, -0.2) is 51.6 Å². The van der Waals surface area contributed by atoms with Crippen molar-refractivity contribution < 1.29 is 17.9 Å². The number of ether oxygens (including phenoxy) is 1. The minimum Gasteiger partial charge on any atom is -0.383 e. The number of methoxy groups -OCH3 is 1. The van der Waals surface area contributed by atoms with Gasteiger partial charge in [-0.05, 0) is 31.9 Å². The van der Waals surface area contributed by atoms with Gasteiger partial charge in [-0.25, -0.2) is 13.2 Å². The zero-order chi connectivity index (χ0) is 17.7. The van der Waals surface area contributed by atoms with E-state index in [1.807, 2.05) is 13.8 Å². The van der Waals surface area contributed by atoms with Crippen LogP contribution in [0.15, 0.2) is 29.2 Å². The Kier molecular flexibility index (Phi) is 6.20. The second-order valence-corrected chi connectivity index (χ2v) is 7.95. The zero-order valence-corrected chi connectivity index (χ0v) is 15.1. The number of hydrogen-bond acceptors (Lipinski definition) is 4. The predicted molar refractivity (Wildman–Crippen MR) is 91.2 cm³/mol. The van der Waals surface area contributed by atoms with E-state index < -0.39 is 10.0 Å². The van der Waals surface area contributed by atoms with Crippen molar-refractivity contribution in [3.8, 4) is 0 Å². The monoisotopic (exact) mass is 355 g/mol. The van der Waals surface area contributed by atoms with Crippen LogP contribution in [0.1, 0.15) is 31.9 Å². The van der Waals surface area contributed by atoms with Gasteiger partial charge in [-0.3, -0.25) is 0 Å². The number of nitrogens with one attached hydrogen (secondary N) is 2. The number of carbonyl (C=O) groups excluding carboxylic acids is 1. The Hall–Kier alpha value is -1.64. The van der Waals surface area contributed by atoms with Crippen LogP contribution in [0.2, 0.25) is 0 Å². The molecular weight excluding hydrogens is 330 g/mol. The molecule has 0 unspecified atom stereocenters. The number of fused-ring (bicyclic) bond motifs is 1. The minimum absolute atomic E-state index is 0.00737. The van der Waals surface area contributed by atoms with Crippen LogP contribution in [0.3, 0.4) is 0 Å². The van der Waals surface area contributed by atoms with Crippen LogP contribution in [-0.2, 0) is 14.8 Å². The first-order chi connectivity index (χ1) is 11.4. The van der Waals surface area contributed by atoms with Crippen LogP contribution in [0, 0.1) is 0 Å². The van der Waals surface area contributed by atoms with E-state index in [1.54, 1.807) is 31.4 Å². The van der Waals surface area contributed by atoms with Crippen molar-refractivity contribution in [3.05, 3.63) is 29.8 Å². The molecule has 2 amide bonds. The molecule has 0 bridgehead atoms. The molecule has 0 aromatic heterocycles. The van der Waals surface area contributed by atoms with Crippen molar-refractivity contribution in [2.24, 2.45) is 0 Å². The SMILES string of the molecule is COCCN1CC[C@@H](NC(=O)NC(C)C)c2ccccc2S1(=O)=O. The maximum atomic E-state index is 12.9. The van der Waals surface area contributed by atoms with Gasteiger partial charge in [0.05, 0.1) is 17.5 Å². The van der Waals surface area contributed by atoms with Crippen molar-refractivity contribution in [1.82, 2.24) is 14.9 Å². The predicted octanol–water partition coefficient (Wildman–Crippen LogP) is 1.48. The lowest BCUT2D eigenvalue weighted by molar-refractivity contribution is 0.178. The Balaban J connectivity index is 2.32. The topological polar surface area (TPSA) is 87.7 Å². The third-order valence-corrected chi connectivity index (χ3v) is 5.82. The van der Waals surface area contributed by atoms with E-state index in [0.29, 0.717) is 25.1 Å². The maximum Gasteiger partial charge on any atom is 0.315 e. The highest BCUT2D eigenvalue weighted by Crippen LogP contribution is 2.31. The molecule has 1 aliphatic rings. The van der Waals surface area contributed by atoms with Crippen LogP contribution < -0.4 is 10.6 Å². The van der Waals surface area contributed by atoms with Crippen LogP contribution >= 0.6 is 0 Å². The highest BCUT2D eigenvalue weighted by atomic mass is 32.2. The molecule has 7 nitrogen and oxygen atoms in total. The molecule has 1 aromatic carbocycles. The van der Waals surface area contributed by atoms with E-state index in [2.05, 4.69) is 10.6 Å². The van der Waals surface area contributed by atoms with Gasteiger partial charge < -0.3 is 15.4 Å². The van der Waals surface area contributed by atoms with Crippen LogP contribution in [0.25, 0.3) is 0 Å². The van der Waals surface area contributed by atoms with Gasteiger partial charge in [-0.1, -0.05) is 18.2 Å². The Morgan fingerprint density at radius 3 is 2.75 bits per heavy atom. The van der Waals surface area contributed by atoms with E-state index in [1.165, 1.54) is 4.31 Å². The van der Waals surface area contributed by atoms with Gasteiger partial charge in [0.1, 0.15) is 0 Å². The summed E-state index contributed by atoms with van der Waals surface area (Å²) in [6, 6.07) is 6.18. The molecule has 1 aliphatic heterocycles. The molecule has 134 valence electrons. The van der Waals surface area contributed by atoms with Gasteiger partial charge in [0.2, 0.25) is 10.0 Å². The molecule has 0 saturated heterocycles. The fraction of sp³-hybridized carbons (Fsp3) is 0.562. The minimum atomic E-state index is -3.60. The molecule has 0 aliphatic carbocycles. The number of urea groups is 1. The molecule has 8 heteroatoms. The summed E-state index contributed by atoms with van der Waals surface area (Å²) in [6.07, 6.45) is 0.505. The second-order valence-electron chi connectivity index (χ2n) is 6.05. The quantitative estimate of drug-likeness (QED) is 0.837. The summed E-state index contributed by atoms with van der Waals surface area (Å²) in [7, 11) is -2.06. The molecule has 1 atom stereocenters. The Morgan fingerprint density at radius 1 is 1.38 bits per heavy atom. The lowest BCUT2D eigenvalue weighted by atomic mass is 10.0. The highest BCUT2D eigenvalue weighted by Gasteiger charge is 2.33. The van der Waals surface area contributed by atoms with Crippen molar-refractivity contribution >= 4 is 16.1 Å². The summed E-state index contributed by atoms with van der Waals surface area (Å²) >= 11 is 0. The summed E-state index contributed by atoms with van der Waals surface area (Å²) in [6.45, 7) is 4.69. The van der Waals surface area contributed by atoms with Crippen molar-refractivity contribution in [1.29, 1.82) is 0 Å². The van der Waals surface area contributed by atoms with Gasteiger partial charge in [0, 0.05) is 26.2 Å². The molecule has 0 radical (unpaired) electrons. The Bertz CT molecular complexity index is 676. The fourth-order valence-electron chi connectivity index (χ4n) is 2.73. The van der Waals surface area contributed by atoms with E-state index in [0.717, 1.165) is 0 Å². The number of hydrogen-bond donors (Lipinski definition) is 2. The van der Waals surface area contributed by atoms with Crippen molar-refractivity contribution in [2.45, 2.75) is 37.2 Å². The summed E-state index contributed by atoms with van der Waals surface area (Å²) in [5.41, 5.74) is 0.622. The number of amides is 2. The van der Waals surface area contributed by atoms with Gasteiger partial charge in [0.15, 0.2) is 0 Å². The van der Waals surface area contributed by atoms with E-state index in [-0.39, 0.29) is 29.6 Å². The summed E-state index contributed by atoms with van der Waals surface area (Å²) in [5, 5.41) is 5.66.